The van der Waals surface area contributed by atoms with Gasteiger partial charge in [-0.05, 0) is 32.0 Å². The molecule has 4 rings (SSSR count). The van der Waals surface area contributed by atoms with E-state index in [0.717, 1.165) is 42.1 Å². The van der Waals surface area contributed by atoms with E-state index in [-0.39, 0.29) is 0 Å². The molecule has 0 atom stereocenters. The van der Waals surface area contributed by atoms with E-state index in [2.05, 4.69) is 31.1 Å². The molecule has 0 bridgehead atoms. The Balaban J connectivity index is 1.47. The number of ether oxygens (including phenoxy) is 1. The van der Waals surface area contributed by atoms with Crippen LogP contribution in [0.25, 0.3) is 21.3 Å². The largest absolute Gasteiger partial charge is 0.496 e. The zero-order valence-corrected chi connectivity index (χ0v) is 19.3. The highest BCUT2D eigenvalue weighted by Gasteiger charge is 2.16. The molecule has 10 heteroatoms. The summed E-state index contributed by atoms with van der Waals surface area (Å²) >= 11 is 8.12. The van der Waals surface area contributed by atoms with Crippen molar-refractivity contribution in [3.8, 4) is 27.1 Å². The molecule has 0 fully saturated rings. The molecule has 0 radical (unpaired) electrons. The normalized spacial score (nSPS) is 11.1. The van der Waals surface area contributed by atoms with E-state index in [0.29, 0.717) is 16.9 Å². The molecule has 4 aromatic rings. The summed E-state index contributed by atoms with van der Waals surface area (Å²) in [5.74, 6) is 1.96. The fraction of sp³-hybridized carbons (Fsp3) is 0.222. The van der Waals surface area contributed by atoms with Crippen LogP contribution in [0.15, 0.2) is 37.7 Å². The van der Waals surface area contributed by atoms with E-state index in [1.54, 1.807) is 29.8 Å². The Morgan fingerprint density at radius 1 is 1.21 bits per heavy atom. The van der Waals surface area contributed by atoms with Gasteiger partial charge in [-0.15, -0.1) is 32.9 Å². The van der Waals surface area contributed by atoms with E-state index >= 15 is 0 Å². The maximum absolute atomic E-state index is 5.79. The predicted molar refractivity (Wildman–Crippen MR) is 116 cm³/mol. The monoisotopic (exact) mass is 494 g/mol. The minimum absolute atomic E-state index is 0.517. The standard InChI is InChI=1S/C18H15BrN4O2S3/c1-9-15(28-10(2)20-9)16-22-23-18(25-16)27-8-12-7-26-17(21-12)13-6-11(19)4-5-14(13)24-3/h4-7H,8H2,1-3H3. The van der Waals surface area contributed by atoms with Gasteiger partial charge in [0.25, 0.3) is 11.1 Å². The summed E-state index contributed by atoms with van der Waals surface area (Å²) in [7, 11) is 1.66. The van der Waals surface area contributed by atoms with Crippen LogP contribution in [0.3, 0.4) is 0 Å². The molecule has 3 aromatic heterocycles. The maximum atomic E-state index is 5.79. The van der Waals surface area contributed by atoms with Crippen LogP contribution in [0.1, 0.15) is 16.4 Å². The minimum atomic E-state index is 0.517. The molecule has 0 saturated heterocycles. The van der Waals surface area contributed by atoms with Crippen molar-refractivity contribution in [3.05, 3.63) is 44.4 Å². The van der Waals surface area contributed by atoms with E-state index in [4.69, 9.17) is 14.1 Å². The van der Waals surface area contributed by atoms with E-state index < -0.39 is 0 Å². The number of halogens is 1. The third kappa shape index (κ3) is 4.14. The molecule has 1 aromatic carbocycles. The van der Waals surface area contributed by atoms with Crippen LogP contribution in [0.2, 0.25) is 0 Å². The zero-order chi connectivity index (χ0) is 19.7. The molecule has 0 amide bonds. The highest BCUT2D eigenvalue weighted by molar-refractivity contribution is 9.10. The highest BCUT2D eigenvalue weighted by atomic mass is 79.9. The fourth-order valence-corrected chi connectivity index (χ4v) is 5.37. The number of aromatic nitrogens is 4. The lowest BCUT2D eigenvalue weighted by Crippen LogP contribution is -1.88. The first-order valence-corrected chi connectivity index (χ1v) is 11.7. The van der Waals surface area contributed by atoms with Crippen molar-refractivity contribution in [3.63, 3.8) is 0 Å². The smallest absolute Gasteiger partial charge is 0.277 e. The number of hydrogen-bond donors (Lipinski definition) is 0. The lowest BCUT2D eigenvalue weighted by Gasteiger charge is -2.06. The number of thioether (sulfide) groups is 1. The average Bonchev–Trinajstić information content (AvgIpc) is 3.39. The van der Waals surface area contributed by atoms with Crippen molar-refractivity contribution in [1.82, 2.24) is 20.2 Å². The molecule has 0 saturated carbocycles. The number of methoxy groups -OCH3 is 1. The van der Waals surface area contributed by atoms with Gasteiger partial charge in [-0.2, -0.15) is 0 Å². The van der Waals surface area contributed by atoms with Gasteiger partial charge in [0.05, 0.1) is 29.1 Å². The van der Waals surface area contributed by atoms with Crippen molar-refractivity contribution >= 4 is 50.4 Å². The predicted octanol–water partition coefficient (Wildman–Crippen LogP) is 6.00. The summed E-state index contributed by atoms with van der Waals surface area (Å²) in [6.07, 6.45) is 0. The van der Waals surface area contributed by atoms with Crippen LogP contribution in [-0.4, -0.2) is 27.3 Å². The van der Waals surface area contributed by atoms with Gasteiger partial charge in [-0.3, -0.25) is 0 Å². The number of nitrogens with zero attached hydrogens (tertiary/aromatic N) is 4. The Morgan fingerprint density at radius 3 is 2.82 bits per heavy atom. The number of thiazole rings is 2. The second-order valence-electron chi connectivity index (χ2n) is 5.80. The molecule has 28 heavy (non-hydrogen) atoms. The van der Waals surface area contributed by atoms with Gasteiger partial charge in [0.15, 0.2) is 0 Å². The van der Waals surface area contributed by atoms with E-state index in [1.807, 2.05) is 37.4 Å². The summed E-state index contributed by atoms with van der Waals surface area (Å²) in [5.41, 5.74) is 2.83. The van der Waals surface area contributed by atoms with Crippen molar-refractivity contribution in [1.29, 1.82) is 0 Å². The van der Waals surface area contributed by atoms with Gasteiger partial charge < -0.3 is 9.15 Å². The Labute approximate surface area is 182 Å². The average molecular weight is 495 g/mol. The Bertz CT molecular complexity index is 1120. The third-order valence-electron chi connectivity index (χ3n) is 3.79. The molecular formula is C18H15BrN4O2S3. The van der Waals surface area contributed by atoms with Crippen LogP contribution >= 0.6 is 50.4 Å². The molecule has 0 spiro atoms. The molecular weight excluding hydrogens is 480 g/mol. The van der Waals surface area contributed by atoms with Crippen molar-refractivity contribution in [2.75, 3.05) is 7.11 Å². The van der Waals surface area contributed by atoms with Crippen LogP contribution in [0.5, 0.6) is 5.75 Å². The van der Waals surface area contributed by atoms with E-state index in [9.17, 15) is 0 Å². The van der Waals surface area contributed by atoms with Crippen molar-refractivity contribution < 1.29 is 9.15 Å². The number of benzene rings is 1. The summed E-state index contributed by atoms with van der Waals surface area (Å²) in [5, 5.41) is 12.7. The Kier molecular flexibility index (Phi) is 5.81. The second kappa shape index (κ2) is 8.32. The fourth-order valence-electron chi connectivity index (χ4n) is 2.57. The maximum Gasteiger partial charge on any atom is 0.277 e. The first-order valence-electron chi connectivity index (χ1n) is 8.22. The summed E-state index contributed by atoms with van der Waals surface area (Å²) in [6.45, 7) is 3.91. The van der Waals surface area contributed by atoms with Crippen molar-refractivity contribution in [2.24, 2.45) is 0 Å². The lowest BCUT2D eigenvalue weighted by molar-refractivity contribution is 0.416. The molecule has 6 nitrogen and oxygen atoms in total. The number of aryl methyl sites for hydroxylation is 2. The van der Waals surface area contributed by atoms with Crippen LogP contribution in [0.4, 0.5) is 0 Å². The van der Waals surface area contributed by atoms with Crippen molar-refractivity contribution in [2.45, 2.75) is 24.8 Å². The van der Waals surface area contributed by atoms with Crippen LogP contribution in [-0.2, 0) is 5.75 Å². The lowest BCUT2D eigenvalue weighted by atomic mass is 10.2. The third-order valence-corrected chi connectivity index (χ3v) is 7.12. The minimum Gasteiger partial charge on any atom is -0.496 e. The molecule has 0 aliphatic carbocycles. The SMILES string of the molecule is COc1ccc(Br)cc1-c1nc(CSc2nnc(-c3sc(C)nc3C)o2)cs1. The molecule has 0 aliphatic heterocycles. The molecule has 0 N–H and O–H groups in total. The zero-order valence-electron chi connectivity index (χ0n) is 15.2. The van der Waals surface area contributed by atoms with Crippen LogP contribution in [0, 0.1) is 13.8 Å². The highest BCUT2D eigenvalue weighted by Crippen LogP contribution is 2.36. The number of hydrogen-bond acceptors (Lipinski definition) is 9. The molecule has 0 aliphatic rings. The topological polar surface area (TPSA) is 73.9 Å². The summed E-state index contributed by atoms with van der Waals surface area (Å²) in [6, 6.07) is 5.89. The van der Waals surface area contributed by atoms with Gasteiger partial charge in [0.1, 0.15) is 15.6 Å². The quantitative estimate of drug-likeness (QED) is 0.304. The molecule has 144 valence electrons. The summed E-state index contributed by atoms with van der Waals surface area (Å²) in [4.78, 5) is 10.1. The van der Waals surface area contributed by atoms with Gasteiger partial charge in [-0.25, -0.2) is 9.97 Å². The Hall–Kier alpha value is -1.75. The second-order valence-corrected chi connectivity index (χ2v) is 9.70. The van der Waals surface area contributed by atoms with Crippen LogP contribution < -0.4 is 4.74 Å². The summed E-state index contributed by atoms with van der Waals surface area (Å²) < 4.78 is 12.2. The van der Waals surface area contributed by atoms with Gasteiger partial charge in [0.2, 0.25) is 0 Å². The first-order chi connectivity index (χ1) is 13.5. The first kappa shape index (κ1) is 19.6. The van der Waals surface area contributed by atoms with E-state index in [1.165, 1.54) is 11.8 Å². The van der Waals surface area contributed by atoms with Gasteiger partial charge in [-0.1, -0.05) is 27.7 Å². The molecule has 3 heterocycles. The Morgan fingerprint density at radius 2 is 2.07 bits per heavy atom. The number of rotatable bonds is 6. The van der Waals surface area contributed by atoms with Gasteiger partial charge in [0, 0.05) is 15.6 Å². The van der Waals surface area contributed by atoms with Gasteiger partial charge >= 0.3 is 0 Å². The molecule has 0 unspecified atom stereocenters.